The first kappa shape index (κ1) is 12.4. The van der Waals surface area contributed by atoms with Gasteiger partial charge in [0.15, 0.2) is 0 Å². The molecule has 0 atom stereocenters. The van der Waals surface area contributed by atoms with E-state index in [1.165, 1.54) is 12.1 Å². The van der Waals surface area contributed by atoms with Crippen LogP contribution in [0.4, 0.5) is 4.39 Å². The molecule has 0 amide bonds. The highest BCUT2D eigenvalue weighted by atomic mass is 19.1. The molecule has 0 radical (unpaired) electrons. The minimum Gasteiger partial charge on any atom is -0.461 e. The maximum Gasteiger partial charge on any atom is 0.355 e. The summed E-state index contributed by atoms with van der Waals surface area (Å²) < 4.78 is 18.2. The second kappa shape index (κ2) is 5.04. The molecule has 3 nitrogen and oxygen atoms in total. The van der Waals surface area contributed by atoms with Crippen molar-refractivity contribution in [2.24, 2.45) is 0 Å². The van der Waals surface area contributed by atoms with E-state index in [1.807, 2.05) is 6.92 Å². The monoisotopic (exact) mass is 247 g/mol. The highest BCUT2D eigenvalue weighted by Crippen LogP contribution is 2.27. The zero-order chi connectivity index (χ0) is 13.1. The quantitative estimate of drug-likeness (QED) is 0.845. The molecule has 0 saturated heterocycles. The fraction of sp³-hybridized carbons (Fsp3) is 0.214. The summed E-state index contributed by atoms with van der Waals surface area (Å²) in [4.78, 5) is 14.6. The third kappa shape index (κ3) is 2.27. The Labute approximate surface area is 105 Å². The van der Waals surface area contributed by atoms with Gasteiger partial charge in [0.05, 0.1) is 6.61 Å². The van der Waals surface area contributed by atoms with Gasteiger partial charge in [0.1, 0.15) is 11.5 Å². The van der Waals surface area contributed by atoms with Gasteiger partial charge >= 0.3 is 5.97 Å². The van der Waals surface area contributed by atoms with Gasteiger partial charge in [-0.3, -0.25) is 0 Å². The summed E-state index contributed by atoms with van der Waals surface area (Å²) in [6.07, 6.45) is 1.64. The molecule has 18 heavy (non-hydrogen) atoms. The Balaban J connectivity index is 2.48. The number of hydrogen-bond acceptors (Lipinski definition) is 2. The van der Waals surface area contributed by atoms with Gasteiger partial charge in [0.25, 0.3) is 0 Å². The van der Waals surface area contributed by atoms with E-state index in [9.17, 15) is 9.18 Å². The standard InChI is InChI=1S/C14H14FNO2/c1-3-18-14(17)13-11(6-7-16-13)12-8-10(15)5-4-9(12)2/h4-8,16H,3H2,1-2H3. The van der Waals surface area contributed by atoms with Crippen LogP contribution in [-0.4, -0.2) is 17.6 Å². The number of aromatic nitrogens is 1. The molecule has 2 aromatic rings. The topological polar surface area (TPSA) is 42.1 Å². The zero-order valence-electron chi connectivity index (χ0n) is 10.3. The van der Waals surface area contributed by atoms with Crippen molar-refractivity contribution in [3.8, 4) is 11.1 Å². The van der Waals surface area contributed by atoms with Crippen LogP contribution in [-0.2, 0) is 4.74 Å². The smallest absolute Gasteiger partial charge is 0.355 e. The van der Waals surface area contributed by atoms with Crippen LogP contribution in [0.2, 0.25) is 0 Å². The van der Waals surface area contributed by atoms with Crippen LogP contribution in [0.15, 0.2) is 30.5 Å². The maximum atomic E-state index is 13.3. The SMILES string of the molecule is CCOC(=O)c1[nH]ccc1-c1cc(F)ccc1C. The van der Waals surface area contributed by atoms with Crippen LogP contribution in [0.25, 0.3) is 11.1 Å². The molecule has 1 aromatic heterocycles. The number of carbonyl (C=O) groups excluding carboxylic acids is 1. The number of esters is 1. The van der Waals surface area contributed by atoms with Gasteiger partial charge in [-0.15, -0.1) is 0 Å². The zero-order valence-corrected chi connectivity index (χ0v) is 10.3. The Kier molecular flexibility index (Phi) is 3.46. The van der Waals surface area contributed by atoms with E-state index >= 15 is 0 Å². The lowest BCUT2D eigenvalue weighted by Gasteiger charge is -2.07. The van der Waals surface area contributed by atoms with E-state index in [-0.39, 0.29) is 5.82 Å². The van der Waals surface area contributed by atoms with Crippen molar-refractivity contribution in [3.63, 3.8) is 0 Å². The van der Waals surface area contributed by atoms with E-state index in [0.29, 0.717) is 23.4 Å². The normalized spacial score (nSPS) is 10.4. The molecule has 4 heteroatoms. The van der Waals surface area contributed by atoms with E-state index in [0.717, 1.165) is 5.56 Å². The van der Waals surface area contributed by atoms with Crippen LogP contribution < -0.4 is 0 Å². The molecule has 2 rings (SSSR count). The van der Waals surface area contributed by atoms with Gasteiger partial charge in [-0.2, -0.15) is 0 Å². The fourth-order valence-electron chi connectivity index (χ4n) is 1.85. The predicted molar refractivity (Wildman–Crippen MR) is 66.9 cm³/mol. The number of aromatic amines is 1. The number of carbonyl (C=O) groups is 1. The van der Waals surface area contributed by atoms with Crippen molar-refractivity contribution in [1.82, 2.24) is 4.98 Å². The summed E-state index contributed by atoms with van der Waals surface area (Å²) in [5.41, 5.74) is 2.61. The summed E-state index contributed by atoms with van der Waals surface area (Å²) >= 11 is 0. The number of halogens is 1. The van der Waals surface area contributed by atoms with Crippen molar-refractivity contribution < 1.29 is 13.9 Å². The molecule has 0 spiro atoms. The minimum atomic E-state index is -0.429. The summed E-state index contributed by atoms with van der Waals surface area (Å²) in [7, 11) is 0. The average Bonchev–Trinajstić information content (AvgIpc) is 2.81. The first-order valence-corrected chi connectivity index (χ1v) is 5.74. The molecule has 1 aromatic carbocycles. The Morgan fingerprint density at radius 2 is 2.11 bits per heavy atom. The Hall–Kier alpha value is -2.10. The average molecular weight is 247 g/mol. The molecule has 0 bridgehead atoms. The first-order chi connectivity index (χ1) is 8.63. The molecule has 0 saturated carbocycles. The highest BCUT2D eigenvalue weighted by Gasteiger charge is 2.16. The molecule has 0 aliphatic heterocycles. The largest absolute Gasteiger partial charge is 0.461 e. The van der Waals surface area contributed by atoms with E-state index in [1.54, 1.807) is 25.3 Å². The molecular formula is C14H14FNO2. The van der Waals surface area contributed by atoms with Gasteiger partial charge in [-0.25, -0.2) is 9.18 Å². The molecule has 0 aliphatic carbocycles. The highest BCUT2D eigenvalue weighted by molar-refractivity contribution is 5.96. The van der Waals surface area contributed by atoms with Crippen molar-refractivity contribution in [1.29, 1.82) is 0 Å². The summed E-state index contributed by atoms with van der Waals surface area (Å²) in [5.74, 6) is -0.757. The lowest BCUT2D eigenvalue weighted by atomic mass is 10.0. The number of aryl methyl sites for hydroxylation is 1. The Morgan fingerprint density at radius 3 is 2.83 bits per heavy atom. The van der Waals surface area contributed by atoms with Gasteiger partial charge < -0.3 is 9.72 Å². The number of hydrogen-bond donors (Lipinski definition) is 1. The summed E-state index contributed by atoms with van der Waals surface area (Å²) in [6.45, 7) is 3.92. The molecular weight excluding hydrogens is 233 g/mol. The van der Waals surface area contributed by atoms with E-state index < -0.39 is 5.97 Å². The van der Waals surface area contributed by atoms with Gasteiger partial charge in [0.2, 0.25) is 0 Å². The minimum absolute atomic E-state index is 0.305. The van der Waals surface area contributed by atoms with Crippen LogP contribution in [0.1, 0.15) is 23.0 Å². The summed E-state index contributed by atoms with van der Waals surface area (Å²) in [6, 6.07) is 6.25. The van der Waals surface area contributed by atoms with Crippen LogP contribution in [0, 0.1) is 12.7 Å². The maximum absolute atomic E-state index is 13.3. The Bertz CT molecular complexity index is 575. The van der Waals surface area contributed by atoms with Crippen molar-refractivity contribution in [2.75, 3.05) is 6.61 Å². The third-order valence-corrected chi connectivity index (χ3v) is 2.72. The van der Waals surface area contributed by atoms with Crippen LogP contribution in [0.3, 0.4) is 0 Å². The van der Waals surface area contributed by atoms with E-state index in [2.05, 4.69) is 4.98 Å². The molecule has 1 heterocycles. The number of ether oxygens (including phenoxy) is 1. The number of H-pyrrole nitrogens is 1. The van der Waals surface area contributed by atoms with Crippen molar-refractivity contribution in [3.05, 3.63) is 47.5 Å². The number of rotatable bonds is 3. The van der Waals surface area contributed by atoms with Gasteiger partial charge in [-0.1, -0.05) is 6.07 Å². The summed E-state index contributed by atoms with van der Waals surface area (Å²) in [5, 5.41) is 0. The molecule has 0 unspecified atom stereocenters. The van der Waals surface area contributed by atoms with Crippen LogP contribution >= 0.6 is 0 Å². The lowest BCUT2D eigenvalue weighted by molar-refractivity contribution is 0.0521. The van der Waals surface area contributed by atoms with Crippen LogP contribution in [0.5, 0.6) is 0 Å². The number of nitrogens with one attached hydrogen (secondary N) is 1. The molecule has 94 valence electrons. The Morgan fingerprint density at radius 1 is 1.33 bits per heavy atom. The third-order valence-electron chi connectivity index (χ3n) is 2.72. The molecule has 0 aliphatic rings. The molecule has 0 fully saturated rings. The molecule has 1 N–H and O–H groups in total. The second-order valence-electron chi connectivity index (χ2n) is 3.95. The van der Waals surface area contributed by atoms with Crippen molar-refractivity contribution in [2.45, 2.75) is 13.8 Å². The lowest BCUT2D eigenvalue weighted by Crippen LogP contribution is -2.06. The van der Waals surface area contributed by atoms with Gasteiger partial charge in [0, 0.05) is 11.8 Å². The second-order valence-corrected chi connectivity index (χ2v) is 3.95. The first-order valence-electron chi connectivity index (χ1n) is 5.74. The van der Waals surface area contributed by atoms with Gasteiger partial charge in [-0.05, 0) is 43.2 Å². The number of benzene rings is 1. The van der Waals surface area contributed by atoms with Crippen molar-refractivity contribution >= 4 is 5.97 Å². The fourth-order valence-corrected chi connectivity index (χ4v) is 1.85. The van der Waals surface area contributed by atoms with E-state index in [4.69, 9.17) is 4.74 Å². The predicted octanol–water partition coefficient (Wildman–Crippen LogP) is 3.31.